The summed E-state index contributed by atoms with van der Waals surface area (Å²) >= 11 is 0. The zero-order chi connectivity index (χ0) is 8.81. The summed E-state index contributed by atoms with van der Waals surface area (Å²) in [5, 5.41) is 12.3. The number of hydrazine groups is 1. The van der Waals surface area contributed by atoms with Gasteiger partial charge < -0.3 is 5.32 Å². The number of nitrogens with zero attached hydrogens (tertiary/aromatic N) is 2. The highest BCUT2D eigenvalue weighted by Gasteiger charge is 2.05. The Kier molecular flexibility index (Phi) is 3.31. The van der Waals surface area contributed by atoms with E-state index in [9.17, 15) is 10.1 Å². The maximum atomic E-state index is 10.0. The molecule has 1 aliphatic heterocycles. The molecular weight excluding hydrogens is 160 g/mol. The molecule has 0 aromatic carbocycles. The second-order valence-electron chi connectivity index (χ2n) is 2.59. The van der Waals surface area contributed by atoms with E-state index < -0.39 is 5.03 Å². The average Bonchev–Trinajstić information content (AvgIpc) is 1.93. The van der Waals surface area contributed by atoms with Gasteiger partial charge in [-0.3, -0.25) is 0 Å². The van der Waals surface area contributed by atoms with Crippen LogP contribution in [0.15, 0.2) is 4.99 Å². The zero-order valence-corrected chi connectivity index (χ0v) is 6.75. The molecule has 0 spiro atoms. The van der Waals surface area contributed by atoms with Gasteiger partial charge in [0, 0.05) is 13.1 Å². The lowest BCUT2D eigenvalue weighted by Crippen LogP contribution is -2.41. The molecule has 2 N–H and O–H groups in total. The Morgan fingerprint density at radius 2 is 2.33 bits per heavy atom. The lowest BCUT2D eigenvalue weighted by atomic mass is 10.2. The van der Waals surface area contributed by atoms with Gasteiger partial charge in [0.15, 0.2) is 5.03 Å². The predicted octanol–water partition coefficient (Wildman–Crippen LogP) is -0.103. The van der Waals surface area contributed by atoms with Gasteiger partial charge in [-0.15, -0.1) is 0 Å². The largest absolute Gasteiger partial charge is 0.352 e. The van der Waals surface area contributed by atoms with E-state index >= 15 is 0 Å². The van der Waals surface area contributed by atoms with Crippen molar-refractivity contribution < 1.29 is 5.03 Å². The van der Waals surface area contributed by atoms with Crippen molar-refractivity contribution in [3.8, 4) is 0 Å². The summed E-state index contributed by atoms with van der Waals surface area (Å²) in [6.07, 6.45) is 3.17. The summed E-state index contributed by atoms with van der Waals surface area (Å²) in [6, 6.07) is 0. The maximum Gasteiger partial charge on any atom is 0.254 e. The Bertz CT molecular complexity index is 192. The standard InChI is InChI=1S/C6H12N4O2/c11-10(12)9-6-7-4-2-1-3-5-8-6/h1-5H2,(H2,7,8,9). The molecule has 6 nitrogen and oxygen atoms in total. The van der Waals surface area contributed by atoms with Gasteiger partial charge in [-0.2, -0.15) is 0 Å². The number of rotatable bonds is 1. The van der Waals surface area contributed by atoms with Crippen LogP contribution in [-0.2, 0) is 0 Å². The van der Waals surface area contributed by atoms with Crippen molar-refractivity contribution in [1.29, 1.82) is 0 Å². The van der Waals surface area contributed by atoms with Gasteiger partial charge in [0.05, 0.1) is 0 Å². The Hall–Kier alpha value is -1.33. The van der Waals surface area contributed by atoms with Crippen LogP contribution in [0.1, 0.15) is 19.3 Å². The molecule has 0 fully saturated rings. The van der Waals surface area contributed by atoms with Crippen molar-refractivity contribution in [3.63, 3.8) is 0 Å². The smallest absolute Gasteiger partial charge is 0.254 e. The van der Waals surface area contributed by atoms with Crippen LogP contribution in [-0.4, -0.2) is 24.1 Å². The summed E-state index contributed by atoms with van der Waals surface area (Å²) in [5.41, 5.74) is 2.01. The van der Waals surface area contributed by atoms with Gasteiger partial charge in [-0.1, -0.05) is 5.43 Å². The molecule has 0 atom stereocenters. The van der Waals surface area contributed by atoms with Gasteiger partial charge in [0.1, 0.15) is 0 Å². The maximum absolute atomic E-state index is 10.0. The molecule has 0 saturated heterocycles. The van der Waals surface area contributed by atoms with Gasteiger partial charge in [0.2, 0.25) is 0 Å². The Labute approximate surface area is 70.2 Å². The second kappa shape index (κ2) is 4.53. The van der Waals surface area contributed by atoms with Crippen LogP contribution < -0.4 is 10.7 Å². The molecule has 1 rings (SSSR count). The molecule has 0 aromatic rings. The van der Waals surface area contributed by atoms with E-state index in [1.165, 1.54) is 0 Å². The molecule has 6 heteroatoms. The molecule has 12 heavy (non-hydrogen) atoms. The molecule has 1 heterocycles. The Balaban J connectivity index is 2.41. The highest BCUT2D eigenvalue weighted by Crippen LogP contribution is 1.96. The first-order valence-corrected chi connectivity index (χ1v) is 3.98. The molecule has 0 unspecified atom stereocenters. The quantitative estimate of drug-likeness (QED) is 0.427. The molecule has 68 valence electrons. The fraction of sp³-hybridized carbons (Fsp3) is 0.833. The zero-order valence-electron chi connectivity index (χ0n) is 6.75. The number of hydrogen-bond acceptors (Lipinski definition) is 4. The first-order chi connectivity index (χ1) is 5.79. The summed E-state index contributed by atoms with van der Waals surface area (Å²) < 4.78 is 0. The van der Waals surface area contributed by atoms with E-state index in [-0.39, 0.29) is 5.96 Å². The molecular formula is C6H12N4O2. The van der Waals surface area contributed by atoms with E-state index in [2.05, 4.69) is 10.3 Å². The molecule has 0 amide bonds. The normalized spacial score (nSPS) is 22.5. The first-order valence-electron chi connectivity index (χ1n) is 3.98. The number of guanidine groups is 1. The van der Waals surface area contributed by atoms with Crippen molar-refractivity contribution in [2.24, 2.45) is 4.99 Å². The third-order valence-electron chi connectivity index (χ3n) is 1.59. The van der Waals surface area contributed by atoms with E-state index in [1.807, 2.05) is 5.43 Å². The molecule has 0 saturated carbocycles. The van der Waals surface area contributed by atoms with Gasteiger partial charge in [-0.25, -0.2) is 15.1 Å². The molecule has 0 radical (unpaired) electrons. The van der Waals surface area contributed by atoms with E-state index in [4.69, 9.17) is 0 Å². The minimum absolute atomic E-state index is 0.278. The molecule has 0 aromatic heterocycles. The van der Waals surface area contributed by atoms with Crippen LogP contribution in [0.4, 0.5) is 0 Å². The Morgan fingerprint density at radius 1 is 1.50 bits per heavy atom. The monoisotopic (exact) mass is 172 g/mol. The van der Waals surface area contributed by atoms with E-state index in [0.29, 0.717) is 6.54 Å². The third kappa shape index (κ3) is 3.18. The summed E-state index contributed by atoms with van der Waals surface area (Å²) in [6.45, 7) is 1.41. The summed E-state index contributed by atoms with van der Waals surface area (Å²) in [5.74, 6) is 0.278. The lowest BCUT2D eigenvalue weighted by Gasteiger charge is -2.09. The van der Waals surface area contributed by atoms with E-state index in [0.717, 1.165) is 25.8 Å². The van der Waals surface area contributed by atoms with Crippen LogP contribution in [0.25, 0.3) is 0 Å². The SMILES string of the molecule is O=[N+]([O-])N/C1=N/CCCCCN1. The van der Waals surface area contributed by atoms with Crippen LogP contribution in [0.3, 0.4) is 0 Å². The fourth-order valence-corrected chi connectivity index (χ4v) is 1.03. The Morgan fingerprint density at radius 3 is 3.08 bits per heavy atom. The molecule has 0 bridgehead atoms. The lowest BCUT2D eigenvalue weighted by molar-refractivity contribution is -0.525. The third-order valence-corrected chi connectivity index (χ3v) is 1.59. The van der Waals surface area contributed by atoms with Crippen LogP contribution in [0, 0.1) is 10.1 Å². The number of hydrogen-bond donors (Lipinski definition) is 2. The van der Waals surface area contributed by atoms with Gasteiger partial charge in [-0.05, 0) is 19.3 Å². The van der Waals surface area contributed by atoms with Crippen LogP contribution >= 0.6 is 0 Å². The fourth-order valence-electron chi connectivity index (χ4n) is 1.03. The summed E-state index contributed by atoms with van der Waals surface area (Å²) in [4.78, 5) is 14.0. The highest BCUT2D eigenvalue weighted by atomic mass is 16.7. The van der Waals surface area contributed by atoms with Crippen LogP contribution in [0.2, 0.25) is 0 Å². The van der Waals surface area contributed by atoms with Crippen LogP contribution in [0.5, 0.6) is 0 Å². The minimum atomic E-state index is -0.604. The van der Waals surface area contributed by atoms with Crippen molar-refractivity contribution in [2.45, 2.75) is 19.3 Å². The topological polar surface area (TPSA) is 79.6 Å². The highest BCUT2D eigenvalue weighted by molar-refractivity contribution is 5.78. The average molecular weight is 172 g/mol. The second-order valence-corrected chi connectivity index (χ2v) is 2.59. The predicted molar refractivity (Wildman–Crippen MR) is 44.3 cm³/mol. The van der Waals surface area contributed by atoms with E-state index in [1.54, 1.807) is 0 Å². The van der Waals surface area contributed by atoms with Crippen molar-refractivity contribution >= 4 is 5.96 Å². The first kappa shape index (κ1) is 8.76. The molecule has 0 aliphatic carbocycles. The molecule has 1 aliphatic rings. The van der Waals surface area contributed by atoms with Gasteiger partial charge >= 0.3 is 0 Å². The minimum Gasteiger partial charge on any atom is -0.352 e. The number of nitro groups is 1. The van der Waals surface area contributed by atoms with Crippen molar-refractivity contribution in [3.05, 3.63) is 10.1 Å². The number of nitrogens with one attached hydrogen (secondary N) is 2. The van der Waals surface area contributed by atoms with Crippen molar-refractivity contribution in [2.75, 3.05) is 13.1 Å². The van der Waals surface area contributed by atoms with Crippen molar-refractivity contribution in [1.82, 2.24) is 10.7 Å². The summed E-state index contributed by atoms with van der Waals surface area (Å²) in [7, 11) is 0. The number of aliphatic imine (C=N–C) groups is 1. The van der Waals surface area contributed by atoms with Gasteiger partial charge in [0.25, 0.3) is 5.96 Å².